The summed E-state index contributed by atoms with van der Waals surface area (Å²) >= 11 is 0. The van der Waals surface area contributed by atoms with Crippen molar-refractivity contribution in [3.05, 3.63) is 29.5 Å². The molecule has 0 spiro atoms. The van der Waals surface area contributed by atoms with Gasteiger partial charge in [-0.15, -0.1) is 0 Å². The van der Waals surface area contributed by atoms with Crippen molar-refractivity contribution in [3.63, 3.8) is 0 Å². The summed E-state index contributed by atoms with van der Waals surface area (Å²) in [5.41, 5.74) is 2.09. The van der Waals surface area contributed by atoms with Crippen molar-refractivity contribution in [2.45, 2.75) is 25.9 Å². The number of ether oxygens (including phenoxy) is 2. The Balaban J connectivity index is 1.90. The normalized spacial score (nSPS) is 26.2. The maximum absolute atomic E-state index is 10.4. The molecule has 4 heteroatoms. The van der Waals surface area contributed by atoms with Gasteiger partial charge in [0.25, 0.3) is 0 Å². The second kappa shape index (κ2) is 5.98. The molecule has 4 rings (SSSR count). The fourth-order valence-corrected chi connectivity index (χ4v) is 3.30. The smallest absolute Gasteiger partial charge is 0.161 e. The number of nitrogens with zero attached hydrogens (tertiary/aromatic N) is 1. The molecule has 0 radical (unpaired) electrons. The van der Waals surface area contributed by atoms with Crippen molar-refractivity contribution in [1.29, 1.82) is 0 Å². The number of methoxy groups -OCH3 is 1. The number of fused-ring (bicyclic) bond motifs is 3. The third kappa shape index (κ3) is 2.72. The summed E-state index contributed by atoms with van der Waals surface area (Å²) in [4.78, 5) is 2.30. The van der Waals surface area contributed by atoms with E-state index in [0.29, 0.717) is 12.5 Å². The van der Waals surface area contributed by atoms with E-state index in [1.165, 1.54) is 0 Å². The fraction of sp³-hybridized carbons (Fsp3) is 0.529. The van der Waals surface area contributed by atoms with Gasteiger partial charge in [-0.05, 0) is 49.5 Å². The largest absolute Gasteiger partial charge is 0.493 e. The van der Waals surface area contributed by atoms with E-state index in [1.54, 1.807) is 7.11 Å². The Bertz CT molecular complexity index is 529. The number of piperidine rings is 3. The lowest BCUT2D eigenvalue weighted by Crippen LogP contribution is -2.48. The van der Waals surface area contributed by atoms with Crippen molar-refractivity contribution < 1.29 is 14.6 Å². The molecule has 0 saturated carbocycles. The van der Waals surface area contributed by atoms with Crippen LogP contribution in [0.5, 0.6) is 11.5 Å². The van der Waals surface area contributed by atoms with E-state index in [-0.39, 0.29) is 6.10 Å². The first-order valence-electron chi connectivity index (χ1n) is 7.68. The molecule has 3 aliphatic rings. The number of benzene rings is 1. The molecule has 0 amide bonds. The third-order valence-corrected chi connectivity index (χ3v) is 4.46. The lowest BCUT2D eigenvalue weighted by Gasteiger charge is -2.45. The molecule has 3 fully saturated rings. The number of hydrogen-bond acceptors (Lipinski definition) is 4. The van der Waals surface area contributed by atoms with E-state index in [0.717, 1.165) is 48.7 Å². The van der Waals surface area contributed by atoms with Gasteiger partial charge in [-0.2, -0.15) is 0 Å². The SMILES string of the molecule is CCOc1cc(/C=C2/[C@@H](O)C3CCN2CC3)ccc1OC. The minimum Gasteiger partial charge on any atom is -0.493 e. The summed E-state index contributed by atoms with van der Waals surface area (Å²) in [5, 5.41) is 10.4. The minimum atomic E-state index is -0.329. The van der Waals surface area contributed by atoms with Crippen LogP contribution in [0.15, 0.2) is 23.9 Å². The van der Waals surface area contributed by atoms with Gasteiger partial charge in [-0.1, -0.05) is 6.07 Å². The van der Waals surface area contributed by atoms with Crippen LogP contribution in [0.4, 0.5) is 0 Å². The molecule has 1 aromatic carbocycles. The highest BCUT2D eigenvalue weighted by Crippen LogP contribution is 2.36. The van der Waals surface area contributed by atoms with Gasteiger partial charge in [0.1, 0.15) is 0 Å². The van der Waals surface area contributed by atoms with Crippen LogP contribution in [-0.4, -0.2) is 42.9 Å². The number of aliphatic hydroxyl groups excluding tert-OH is 1. The second-order valence-corrected chi connectivity index (χ2v) is 5.68. The first-order valence-corrected chi connectivity index (χ1v) is 7.68. The van der Waals surface area contributed by atoms with Crippen molar-refractivity contribution in [1.82, 2.24) is 4.90 Å². The van der Waals surface area contributed by atoms with Crippen LogP contribution in [0.3, 0.4) is 0 Å². The van der Waals surface area contributed by atoms with Crippen molar-refractivity contribution in [2.75, 3.05) is 26.8 Å². The highest BCUT2D eigenvalue weighted by molar-refractivity contribution is 5.59. The summed E-state index contributed by atoms with van der Waals surface area (Å²) in [6, 6.07) is 5.90. The molecule has 3 heterocycles. The summed E-state index contributed by atoms with van der Waals surface area (Å²) in [6.07, 6.45) is 3.96. The van der Waals surface area contributed by atoms with Gasteiger partial charge in [-0.25, -0.2) is 0 Å². The summed E-state index contributed by atoms with van der Waals surface area (Å²) in [7, 11) is 1.64. The molecule has 114 valence electrons. The van der Waals surface area contributed by atoms with E-state index in [1.807, 2.05) is 25.1 Å². The standard InChI is InChI=1S/C17H23NO3/c1-3-21-16-11-12(4-5-15(16)20-2)10-14-17(19)13-6-8-18(14)9-7-13/h4-5,10-11,13,17,19H,3,6-9H2,1-2H3/b14-10-/t17-/m0/s1. The zero-order valence-electron chi connectivity index (χ0n) is 12.7. The lowest BCUT2D eigenvalue weighted by molar-refractivity contribution is 0.0215. The van der Waals surface area contributed by atoms with E-state index < -0.39 is 0 Å². The molecule has 1 N–H and O–H groups in total. The molecule has 21 heavy (non-hydrogen) atoms. The Morgan fingerprint density at radius 1 is 1.29 bits per heavy atom. The zero-order chi connectivity index (χ0) is 14.8. The number of hydrogen-bond donors (Lipinski definition) is 1. The minimum absolute atomic E-state index is 0.329. The molecule has 1 aromatic rings. The van der Waals surface area contributed by atoms with Crippen LogP contribution in [0.25, 0.3) is 6.08 Å². The average molecular weight is 289 g/mol. The molecule has 1 atom stereocenters. The van der Waals surface area contributed by atoms with Crippen LogP contribution in [0.2, 0.25) is 0 Å². The van der Waals surface area contributed by atoms with Crippen LogP contribution < -0.4 is 9.47 Å². The Kier molecular flexibility index (Phi) is 4.06. The van der Waals surface area contributed by atoms with Gasteiger partial charge in [0.15, 0.2) is 11.5 Å². The van der Waals surface area contributed by atoms with Crippen molar-refractivity contribution >= 4 is 6.08 Å². The Hall–Kier alpha value is -1.68. The lowest BCUT2D eigenvalue weighted by atomic mass is 9.83. The van der Waals surface area contributed by atoms with Crippen LogP contribution >= 0.6 is 0 Å². The van der Waals surface area contributed by atoms with Gasteiger partial charge < -0.3 is 19.5 Å². The molecule has 3 aliphatic heterocycles. The zero-order valence-corrected chi connectivity index (χ0v) is 12.7. The Morgan fingerprint density at radius 2 is 2.05 bits per heavy atom. The quantitative estimate of drug-likeness (QED) is 0.925. The predicted molar refractivity (Wildman–Crippen MR) is 82.4 cm³/mol. The average Bonchev–Trinajstić information content (AvgIpc) is 2.52. The fourth-order valence-electron chi connectivity index (χ4n) is 3.30. The Labute approximate surface area is 126 Å². The first kappa shape index (κ1) is 14.3. The highest BCUT2D eigenvalue weighted by Gasteiger charge is 2.36. The van der Waals surface area contributed by atoms with E-state index in [4.69, 9.17) is 9.47 Å². The Morgan fingerprint density at radius 3 is 2.67 bits per heavy atom. The van der Waals surface area contributed by atoms with Crippen LogP contribution in [0.1, 0.15) is 25.3 Å². The number of rotatable bonds is 4. The highest BCUT2D eigenvalue weighted by atomic mass is 16.5. The van der Waals surface area contributed by atoms with E-state index in [9.17, 15) is 5.11 Å². The summed E-state index contributed by atoms with van der Waals surface area (Å²) < 4.78 is 10.9. The van der Waals surface area contributed by atoms with Gasteiger partial charge in [0.05, 0.1) is 19.8 Å². The first-order chi connectivity index (χ1) is 10.2. The molecule has 0 unspecified atom stereocenters. The van der Waals surface area contributed by atoms with Crippen molar-refractivity contribution in [2.24, 2.45) is 5.92 Å². The van der Waals surface area contributed by atoms with Gasteiger partial charge in [0.2, 0.25) is 0 Å². The maximum Gasteiger partial charge on any atom is 0.161 e. The topological polar surface area (TPSA) is 41.9 Å². The van der Waals surface area contributed by atoms with E-state index >= 15 is 0 Å². The molecular weight excluding hydrogens is 266 g/mol. The molecule has 4 nitrogen and oxygen atoms in total. The molecule has 0 aromatic heterocycles. The molecule has 2 bridgehead atoms. The van der Waals surface area contributed by atoms with Crippen LogP contribution in [-0.2, 0) is 0 Å². The van der Waals surface area contributed by atoms with Gasteiger partial charge in [0, 0.05) is 18.8 Å². The second-order valence-electron chi connectivity index (χ2n) is 5.68. The van der Waals surface area contributed by atoms with Gasteiger partial charge in [-0.3, -0.25) is 0 Å². The monoisotopic (exact) mass is 289 g/mol. The van der Waals surface area contributed by atoms with Gasteiger partial charge >= 0.3 is 0 Å². The molecular formula is C17H23NO3. The summed E-state index contributed by atoms with van der Waals surface area (Å²) in [6.45, 7) is 4.68. The van der Waals surface area contributed by atoms with Crippen LogP contribution in [0, 0.1) is 5.92 Å². The molecule has 0 aliphatic carbocycles. The number of aliphatic hydroxyl groups is 1. The predicted octanol–water partition coefficient (Wildman–Crippen LogP) is 2.52. The summed E-state index contributed by atoms with van der Waals surface area (Å²) in [5.74, 6) is 1.91. The third-order valence-electron chi connectivity index (χ3n) is 4.46. The molecule has 3 saturated heterocycles. The maximum atomic E-state index is 10.4. The van der Waals surface area contributed by atoms with E-state index in [2.05, 4.69) is 11.0 Å². The van der Waals surface area contributed by atoms with Crippen molar-refractivity contribution in [3.8, 4) is 11.5 Å².